The molecule has 2 aliphatic rings. The fraction of sp³-hybridized carbons (Fsp3) is 0.667. The van der Waals surface area contributed by atoms with Gasteiger partial charge in [0.1, 0.15) is 6.61 Å². The van der Waals surface area contributed by atoms with Crippen LogP contribution in [0.4, 0.5) is 0 Å². The third-order valence-corrected chi connectivity index (χ3v) is 4.18. The molecule has 1 saturated carbocycles. The molecule has 0 bridgehead atoms. The van der Waals surface area contributed by atoms with Gasteiger partial charge in [-0.2, -0.15) is 0 Å². The number of esters is 1. The fourth-order valence-electron chi connectivity index (χ4n) is 3.29. The van der Waals surface area contributed by atoms with Crippen LogP contribution in [0.1, 0.15) is 19.8 Å². The zero-order valence-corrected chi connectivity index (χ0v) is 11.0. The molecule has 3 heteroatoms. The molecule has 100 valence electrons. The molecule has 0 N–H and O–H groups in total. The van der Waals surface area contributed by atoms with Crippen LogP contribution in [0.2, 0.25) is 0 Å². The van der Waals surface area contributed by atoms with E-state index >= 15 is 0 Å². The molecule has 1 fully saturated rings. The average molecular weight is 250 g/mol. The zero-order chi connectivity index (χ0) is 13.0. The van der Waals surface area contributed by atoms with Crippen molar-refractivity contribution in [2.45, 2.75) is 19.8 Å². The lowest BCUT2D eigenvalue weighted by molar-refractivity contribution is -0.139. The van der Waals surface area contributed by atoms with Gasteiger partial charge in [-0.1, -0.05) is 25.7 Å². The van der Waals surface area contributed by atoms with E-state index < -0.39 is 0 Å². The SMILES string of the molecule is C=CC(=O)OCCOCC1CC(C)C2CC=CC12. The van der Waals surface area contributed by atoms with Crippen LogP contribution < -0.4 is 0 Å². The number of allylic oxidation sites excluding steroid dienone is 2. The second-order valence-electron chi connectivity index (χ2n) is 5.32. The quantitative estimate of drug-likeness (QED) is 0.314. The minimum absolute atomic E-state index is 0.317. The Bertz CT molecular complexity index is 335. The van der Waals surface area contributed by atoms with Crippen molar-refractivity contribution in [1.82, 2.24) is 0 Å². The van der Waals surface area contributed by atoms with Crippen molar-refractivity contribution in [3.8, 4) is 0 Å². The van der Waals surface area contributed by atoms with E-state index in [2.05, 4.69) is 25.7 Å². The van der Waals surface area contributed by atoms with Gasteiger partial charge in [0, 0.05) is 6.08 Å². The molecular formula is C15H22O3. The van der Waals surface area contributed by atoms with E-state index in [0.717, 1.165) is 18.4 Å². The Kier molecular flexibility index (Phi) is 4.59. The molecule has 0 heterocycles. The maximum atomic E-state index is 10.8. The Morgan fingerprint density at radius 2 is 2.33 bits per heavy atom. The molecule has 0 radical (unpaired) electrons. The van der Waals surface area contributed by atoms with Gasteiger partial charge in [0.25, 0.3) is 0 Å². The summed E-state index contributed by atoms with van der Waals surface area (Å²) in [6, 6.07) is 0. The van der Waals surface area contributed by atoms with Crippen LogP contribution in [0.5, 0.6) is 0 Å². The molecule has 0 aromatic carbocycles. The number of carbonyl (C=O) groups excluding carboxylic acids is 1. The summed E-state index contributed by atoms with van der Waals surface area (Å²) in [5.74, 6) is 2.59. The van der Waals surface area contributed by atoms with Crippen molar-refractivity contribution in [1.29, 1.82) is 0 Å². The van der Waals surface area contributed by atoms with Crippen LogP contribution in [0.3, 0.4) is 0 Å². The van der Waals surface area contributed by atoms with Crippen molar-refractivity contribution in [3.63, 3.8) is 0 Å². The van der Waals surface area contributed by atoms with Gasteiger partial charge in [-0.3, -0.25) is 0 Å². The molecule has 4 unspecified atom stereocenters. The van der Waals surface area contributed by atoms with Crippen molar-refractivity contribution in [3.05, 3.63) is 24.8 Å². The second kappa shape index (κ2) is 6.19. The van der Waals surface area contributed by atoms with Crippen LogP contribution in [0.25, 0.3) is 0 Å². The predicted octanol–water partition coefficient (Wildman–Crippen LogP) is 2.58. The van der Waals surface area contributed by atoms with Crippen LogP contribution in [-0.4, -0.2) is 25.8 Å². The summed E-state index contributed by atoms with van der Waals surface area (Å²) in [6.07, 6.45) is 8.34. The maximum Gasteiger partial charge on any atom is 0.330 e. The first-order chi connectivity index (χ1) is 8.72. The highest BCUT2D eigenvalue weighted by atomic mass is 16.6. The molecule has 0 spiro atoms. The van der Waals surface area contributed by atoms with E-state index in [1.54, 1.807) is 0 Å². The largest absolute Gasteiger partial charge is 0.460 e. The van der Waals surface area contributed by atoms with Crippen molar-refractivity contribution < 1.29 is 14.3 Å². The fourth-order valence-corrected chi connectivity index (χ4v) is 3.29. The average Bonchev–Trinajstić information content (AvgIpc) is 2.94. The summed E-state index contributed by atoms with van der Waals surface area (Å²) < 4.78 is 10.5. The monoisotopic (exact) mass is 250 g/mol. The highest BCUT2D eigenvalue weighted by Gasteiger charge is 2.40. The third kappa shape index (κ3) is 3.02. The van der Waals surface area contributed by atoms with Crippen LogP contribution in [-0.2, 0) is 14.3 Å². The van der Waals surface area contributed by atoms with E-state index in [4.69, 9.17) is 9.47 Å². The van der Waals surface area contributed by atoms with Crippen molar-refractivity contribution in [2.24, 2.45) is 23.7 Å². The highest BCUT2D eigenvalue weighted by molar-refractivity contribution is 5.81. The first-order valence-corrected chi connectivity index (χ1v) is 6.76. The normalized spacial score (nSPS) is 33.4. The summed E-state index contributed by atoms with van der Waals surface area (Å²) in [5, 5.41) is 0. The Balaban J connectivity index is 1.64. The summed E-state index contributed by atoms with van der Waals surface area (Å²) in [7, 11) is 0. The second-order valence-corrected chi connectivity index (χ2v) is 5.32. The number of fused-ring (bicyclic) bond motifs is 1. The highest BCUT2D eigenvalue weighted by Crippen LogP contribution is 2.47. The smallest absolute Gasteiger partial charge is 0.330 e. The van der Waals surface area contributed by atoms with Crippen molar-refractivity contribution >= 4 is 5.97 Å². The van der Waals surface area contributed by atoms with E-state index in [9.17, 15) is 4.79 Å². The number of carbonyl (C=O) groups is 1. The lowest BCUT2D eigenvalue weighted by atomic mass is 9.91. The molecule has 0 aromatic rings. The van der Waals surface area contributed by atoms with Gasteiger partial charge < -0.3 is 9.47 Å². The minimum Gasteiger partial charge on any atom is -0.460 e. The van der Waals surface area contributed by atoms with E-state index in [1.165, 1.54) is 18.9 Å². The first-order valence-electron chi connectivity index (χ1n) is 6.76. The van der Waals surface area contributed by atoms with Crippen LogP contribution in [0.15, 0.2) is 24.8 Å². The van der Waals surface area contributed by atoms with Crippen molar-refractivity contribution in [2.75, 3.05) is 19.8 Å². The van der Waals surface area contributed by atoms with Gasteiger partial charge in [-0.15, -0.1) is 0 Å². The number of rotatable bonds is 6. The summed E-state index contributed by atoms with van der Waals surface area (Å²) in [4.78, 5) is 10.8. The first kappa shape index (κ1) is 13.3. The van der Waals surface area contributed by atoms with Gasteiger partial charge in [-0.05, 0) is 36.5 Å². The molecule has 0 aromatic heterocycles. The van der Waals surface area contributed by atoms with Crippen LogP contribution >= 0.6 is 0 Å². The summed E-state index contributed by atoms with van der Waals surface area (Å²) >= 11 is 0. The molecular weight excluding hydrogens is 228 g/mol. The molecule has 2 aliphatic carbocycles. The lowest BCUT2D eigenvalue weighted by Crippen LogP contribution is -2.17. The lowest BCUT2D eigenvalue weighted by Gasteiger charge is -2.17. The molecule has 0 aliphatic heterocycles. The van der Waals surface area contributed by atoms with Crippen LogP contribution in [0, 0.1) is 23.7 Å². The summed E-state index contributed by atoms with van der Waals surface area (Å²) in [5.41, 5.74) is 0. The Labute approximate surface area is 109 Å². The Morgan fingerprint density at radius 3 is 3.11 bits per heavy atom. The molecule has 3 nitrogen and oxygen atoms in total. The molecule has 18 heavy (non-hydrogen) atoms. The minimum atomic E-state index is -0.383. The molecule has 0 amide bonds. The van der Waals surface area contributed by atoms with Gasteiger partial charge >= 0.3 is 5.97 Å². The van der Waals surface area contributed by atoms with Gasteiger partial charge in [0.2, 0.25) is 0 Å². The number of ether oxygens (including phenoxy) is 2. The molecule has 2 rings (SSSR count). The van der Waals surface area contributed by atoms with E-state index in [-0.39, 0.29) is 5.97 Å². The van der Waals surface area contributed by atoms with Gasteiger partial charge in [0.05, 0.1) is 13.2 Å². The van der Waals surface area contributed by atoms with Gasteiger partial charge in [-0.25, -0.2) is 4.79 Å². The summed E-state index contributed by atoms with van der Waals surface area (Å²) in [6.45, 7) is 7.26. The molecule has 0 saturated heterocycles. The van der Waals surface area contributed by atoms with E-state index in [0.29, 0.717) is 25.0 Å². The number of hydrogen-bond acceptors (Lipinski definition) is 3. The van der Waals surface area contributed by atoms with Gasteiger partial charge in [0.15, 0.2) is 0 Å². The standard InChI is InChI=1S/C15H22O3/c1-3-15(16)18-8-7-17-10-12-9-11(2)13-5-4-6-14(12)13/h3-4,6,11-14H,1,5,7-10H2,2H3. The maximum absolute atomic E-state index is 10.8. The zero-order valence-electron chi connectivity index (χ0n) is 11.0. The Hall–Kier alpha value is -1.09. The third-order valence-electron chi connectivity index (χ3n) is 4.18. The Morgan fingerprint density at radius 1 is 1.50 bits per heavy atom. The number of hydrogen-bond donors (Lipinski definition) is 0. The predicted molar refractivity (Wildman–Crippen MR) is 70.0 cm³/mol. The molecule has 4 atom stereocenters. The van der Waals surface area contributed by atoms with E-state index in [1.807, 2.05) is 0 Å². The topological polar surface area (TPSA) is 35.5 Å².